The second-order valence-corrected chi connectivity index (χ2v) is 5.54. The highest BCUT2D eigenvalue weighted by Gasteiger charge is 2.04. The zero-order valence-corrected chi connectivity index (χ0v) is 13.8. The van der Waals surface area contributed by atoms with Gasteiger partial charge in [-0.1, -0.05) is 6.07 Å². The predicted octanol–water partition coefficient (Wildman–Crippen LogP) is 2.42. The van der Waals surface area contributed by atoms with Gasteiger partial charge in [0, 0.05) is 13.1 Å². The molecule has 4 nitrogen and oxygen atoms in total. The first-order valence-corrected chi connectivity index (χ1v) is 8.23. The molecule has 0 amide bonds. The van der Waals surface area contributed by atoms with Gasteiger partial charge in [-0.05, 0) is 48.3 Å². The molecule has 6 heteroatoms. The number of rotatable bonds is 8. The summed E-state index contributed by atoms with van der Waals surface area (Å²) in [5.41, 5.74) is 1.09. The molecule has 20 heavy (non-hydrogen) atoms. The van der Waals surface area contributed by atoms with Crippen LogP contribution in [0.1, 0.15) is 12.0 Å². The van der Waals surface area contributed by atoms with Crippen molar-refractivity contribution >= 4 is 29.1 Å². The van der Waals surface area contributed by atoms with E-state index in [4.69, 9.17) is 21.7 Å². The maximum atomic E-state index is 5.27. The van der Waals surface area contributed by atoms with Gasteiger partial charge < -0.3 is 20.1 Å². The van der Waals surface area contributed by atoms with Crippen molar-refractivity contribution in [2.45, 2.75) is 13.0 Å². The highest BCUT2D eigenvalue weighted by atomic mass is 32.2. The second-order valence-electron chi connectivity index (χ2n) is 4.15. The van der Waals surface area contributed by atoms with Gasteiger partial charge in [-0.15, -0.1) is 0 Å². The molecule has 0 bridgehead atoms. The molecule has 0 aliphatic heterocycles. The number of nitrogens with one attached hydrogen (secondary N) is 2. The van der Waals surface area contributed by atoms with Crippen LogP contribution in [0.4, 0.5) is 0 Å². The summed E-state index contributed by atoms with van der Waals surface area (Å²) in [6.07, 6.45) is 3.22. The van der Waals surface area contributed by atoms with E-state index in [9.17, 15) is 0 Å². The van der Waals surface area contributed by atoms with E-state index in [-0.39, 0.29) is 0 Å². The first-order valence-electron chi connectivity index (χ1n) is 6.42. The van der Waals surface area contributed by atoms with Gasteiger partial charge in [0.2, 0.25) is 0 Å². The normalized spacial score (nSPS) is 9.95. The summed E-state index contributed by atoms with van der Waals surface area (Å²) in [4.78, 5) is 0. The van der Waals surface area contributed by atoms with Crippen LogP contribution >= 0.6 is 24.0 Å². The third kappa shape index (κ3) is 5.88. The molecule has 0 aliphatic carbocycles. The molecule has 0 radical (unpaired) electrons. The number of ether oxygens (including phenoxy) is 2. The van der Waals surface area contributed by atoms with Crippen LogP contribution in [0.15, 0.2) is 18.2 Å². The molecule has 0 aromatic heterocycles. The molecule has 2 N–H and O–H groups in total. The molecule has 0 saturated heterocycles. The fraction of sp³-hybridized carbons (Fsp3) is 0.500. The minimum absolute atomic E-state index is 0.661. The van der Waals surface area contributed by atoms with Crippen LogP contribution in [0.25, 0.3) is 0 Å². The zero-order chi connectivity index (χ0) is 14.8. The van der Waals surface area contributed by atoms with E-state index in [0.717, 1.165) is 35.8 Å². The van der Waals surface area contributed by atoms with Crippen molar-refractivity contribution < 1.29 is 9.47 Å². The minimum atomic E-state index is 0.661. The molecule has 0 atom stereocenters. The average molecular weight is 314 g/mol. The SMILES string of the molecule is COc1ccc(CNC(=S)NCCCSC)cc1OC. The number of hydrogen-bond donors (Lipinski definition) is 2. The van der Waals surface area contributed by atoms with Gasteiger partial charge in [-0.2, -0.15) is 11.8 Å². The molecule has 0 unspecified atom stereocenters. The molecule has 0 heterocycles. The first kappa shape index (κ1) is 16.9. The Morgan fingerprint density at radius 2 is 1.95 bits per heavy atom. The standard InChI is InChI=1S/C14H22N2O2S2/c1-17-12-6-5-11(9-13(12)18-2)10-16-14(19)15-7-4-8-20-3/h5-6,9H,4,7-8,10H2,1-3H3,(H2,15,16,19). The van der Waals surface area contributed by atoms with E-state index in [0.29, 0.717) is 11.7 Å². The Morgan fingerprint density at radius 1 is 1.20 bits per heavy atom. The van der Waals surface area contributed by atoms with E-state index in [1.807, 2.05) is 30.0 Å². The summed E-state index contributed by atoms with van der Waals surface area (Å²) in [6.45, 7) is 1.56. The lowest BCUT2D eigenvalue weighted by molar-refractivity contribution is 0.354. The number of thioether (sulfide) groups is 1. The van der Waals surface area contributed by atoms with Gasteiger partial charge >= 0.3 is 0 Å². The topological polar surface area (TPSA) is 42.5 Å². The Morgan fingerprint density at radius 3 is 2.60 bits per heavy atom. The maximum absolute atomic E-state index is 5.27. The number of hydrogen-bond acceptors (Lipinski definition) is 4. The highest BCUT2D eigenvalue weighted by molar-refractivity contribution is 7.98. The molecular formula is C14H22N2O2S2. The largest absolute Gasteiger partial charge is 0.493 e. The molecule has 112 valence electrons. The number of thiocarbonyl (C=S) groups is 1. The minimum Gasteiger partial charge on any atom is -0.493 e. The van der Waals surface area contributed by atoms with Crippen LogP contribution in [-0.4, -0.2) is 37.9 Å². The maximum Gasteiger partial charge on any atom is 0.166 e. The third-order valence-electron chi connectivity index (χ3n) is 2.71. The van der Waals surface area contributed by atoms with E-state index in [1.54, 1.807) is 14.2 Å². The Kier molecular flexibility index (Phi) is 8.22. The van der Waals surface area contributed by atoms with Crippen LogP contribution in [0.2, 0.25) is 0 Å². The Balaban J connectivity index is 2.39. The van der Waals surface area contributed by atoms with E-state index in [1.165, 1.54) is 0 Å². The summed E-state index contributed by atoms with van der Waals surface area (Å²) in [6, 6.07) is 5.83. The molecule has 0 aliphatic rings. The Labute approximate surface area is 130 Å². The van der Waals surface area contributed by atoms with Crippen molar-refractivity contribution in [3.05, 3.63) is 23.8 Å². The van der Waals surface area contributed by atoms with E-state index >= 15 is 0 Å². The highest BCUT2D eigenvalue weighted by Crippen LogP contribution is 2.27. The quantitative estimate of drug-likeness (QED) is 0.567. The average Bonchev–Trinajstić information content (AvgIpc) is 2.49. The fourth-order valence-electron chi connectivity index (χ4n) is 1.65. The van der Waals surface area contributed by atoms with Crippen molar-refractivity contribution in [2.75, 3.05) is 32.8 Å². The van der Waals surface area contributed by atoms with Crippen LogP contribution in [0.3, 0.4) is 0 Å². The summed E-state index contributed by atoms with van der Waals surface area (Å²) < 4.78 is 10.5. The van der Waals surface area contributed by atoms with Crippen molar-refractivity contribution in [3.8, 4) is 11.5 Å². The molecule has 1 rings (SSSR count). The number of methoxy groups -OCH3 is 2. The van der Waals surface area contributed by atoms with Crippen molar-refractivity contribution in [1.82, 2.24) is 10.6 Å². The van der Waals surface area contributed by atoms with Crippen LogP contribution in [0, 0.1) is 0 Å². The summed E-state index contributed by atoms with van der Waals surface area (Å²) >= 11 is 7.07. The monoisotopic (exact) mass is 314 g/mol. The fourth-order valence-corrected chi connectivity index (χ4v) is 2.26. The van der Waals surface area contributed by atoms with E-state index < -0.39 is 0 Å². The lowest BCUT2D eigenvalue weighted by Crippen LogP contribution is -2.35. The van der Waals surface area contributed by atoms with Gasteiger partial charge in [0.15, 0.2) is 16.6 Å². The van der Waals surface area contributed by atoms with Gasteiger partial charge in [0.1, 0.15) is 0 Å². The van der Waals surface area contributed by atoms with Crippen LogP contribution in [0.5, 0.6) is 11.5 Å². The molecular weight excluding hydrogens is 292 g/mol. The summed E-state index contributed by atoms with van der Waals surface area (Å²) in [5, 5.41) is 7.05. The zero-order valence-electron chi connectivity index (χ0n) is 12.2. The lowest BCUT2D eigenvalue weighted by Gasteiger charge is -2.12. The van der Waals surface area contributed by atoms with E-state index in [2.05, 4.69) is 16.9 Å². The lowest BCUT2D eigenvalue weighted by atomic mass is 10.2. The van der Waals surface area contributed by atoms with Crippen LogP contribution in [-0.2, 0) is 6.54 Å². The van der Waals surface area contributed by atoms with Gasteiger partial charge in [0.05, 0.1) is 14.2 Å². The second kappa shape index (κ2) is 9.72. The predicted molar refractivity (Wildman–Crippen MR) is 90.0 cm³/mol. The molecule has 1 aromatic rings. The Bertz CT molecular complexity index is 428. The van der Waals surface area contributed by atoms with Gasteiger partial charge in [-0.25, -0.2) is 0 Å². The third-order valence-corrected chi connectivity index (χ3v) is 3.70. The Hall–Kier alpha value is -1.14. The first-order chi connectivity index (χ1) is 9.71. The van der Waals surface area contributed by atoms with Crippen LogP contribution < -0.4 is 20.1 Å². The number of benzene rings is 1. The molecule has 1 aromatic carbocycles. The van der Waals surface area contributed by atoms with Crippen molar-refractivity contribution in [1.29, 1.82) is 0 Å². The molecule has 0 spiro atoms. The van der Waals surface area contributed by atoms with Gasteiger partial charge in [-0.3, -0.25) is 0 Å². The van der Waals surface area contributed by atoms with Crippen molar-refractivity contribution in [3.63, 3.8) is 0 Å². The molecule has 0 fully saturated rings. The van der Waals surface area contributed by atoms with Gasteiger partial charge in [0.25, 0.3) is 0 Å². The summed E-state index contributed by atoms with van der Waals surface area (Å²) in [7, 11) is 3.26. The smallest absolute Gasteiger partial charge is 0.166 e. The van der Waals surface area contributed by atoms with Crippen molar-refractivity contribution in [2.24, 2.45) is 0 Å². The summed E-state index contributed by atoms with van der Waals surface area (Å²) in [5.74, 6) is 2.60. The molecule has 0 saturated carbocycles.